The number of rotatable bonds is 6. The third-order valence-electron chi connectivity index (χ3n) is 3.40. The van der Waals surface area contributed by atoms with Crippen molar-refractivity contribution in [1.29, 1.82) is 0 Å². The van der Waals surface area contributed by atoms with Gasteiger partial charge in [-0.3, -0.25) is 20.9 Å². The molecule has 0 radical (unpaired) electrons. The second-order valence-corrected chi connectivity index (χ2v) is 5.99. The van der Waals surface area contributed by atoms with Crippen molar-refractivity contribution in [1.82, 2.24) is 20.2 Å². The summed E-state index contributed by atoms with van der Waals surface area (Å²) in [4.78, 5) is 4.40. The molecule has 2 aromatic rings. The first kappa shape index (κ1) is 16.4. The number of nitrogens with zero attached hydrogens (tertiary/aromatic N) is 3. The predicted molar refractivity (Wildman–Crippen MR) is 88.0 cm³/mol. The van der Waals surface area contributed by atoms with Crippen LogP contribution in [0.3, 0.4) is 0 Å². The molecule has 2 rings (SSSR count). The van der Waals surface area contributed by atoms with Crippen molar-refractivity contribution >= 4 is 27.5 Å². The van der Waals surface area contributed by atoms with Crippen molar-refractivity contribution in [3.05, 3.63) is 44.9 Å². The predicted octanol–water partition coefficient (Wildman–Crippen LogP) is 3.02. The van der Waals surface area contributed by atoms with Crippen LogP contribution in [0.4, 0.5) is 0 Å². The van der Waals surface area contributed by atoms with Crippen LogP contribution in [0, 0.1) is 0 Å². The van der Waals surface area contributed by atoms with Gasteiger partial charge in [0, 0.05) is 23.6 Å². The van der Waals surface area contributed by atoms with Crippen molar-refractivity contribution in [2.24, 2.45) is 5.84 Å². The van der Waals surface area contributed by atoms with Gasteiger partial charge in [0.05, 0.1) is 28.1 Å². The molecule has 0 amide bonds. The van der Waals surface area contributed by atoms with E-state index in [9.17, 15) is 0 Å². The molecule has 2 heterocycles. The normalized spacial score (nSPS) is 12.6. The van der Waals surface area contributed by atoms with E-state index in [4.69, 9.17) is 17.4 Å². The van der Waals surface area contributed by atoms with E-state index >= 15 is 0 Å². The SMILES string of the molecule is CCc1nn(CC)c(CC(NN)c2ccc(Br)cn2)c1Cl. The van der Waals surface area contributed by atoms with Gasteiger partial charge in [0.1, 0.15) is 0 Å². The number of aryl methyl sites for hydroxylation is 2. The van der Waals surface area contributed by atoms with E-state index in [0.29, 0.717) is 6.42 Å². The lowest BCUT2D eigenvalue weighted by molar-refractivity contribution is 0.507. The Bertz CT molecular complexity index is 596. The van der Waals surface area contributed by atoms with Gasteiger partial charge in [-0.2, -0.15) is 5.10 Å². The van der Waals surface area contributed by atoms with E-state index in [1.165, 1.54) is 0 Å². The van der Waals surface area contributed by atoms with Crippen LogP contribution in [-0.4, -0.2) is 14.8 Å². The molecule has 0 aliphatic heterocycles. The van der Waals surface area contributed by atoms with Gasteiger partial charge in [-0.25, -0.2) is 0 Å². The van der Waals surface area contributed by atoms with Gasteiger partial charge in [-0.15, -0.1) is 0 Å². The monoisotopic (exact) mass is 371 g/mol. The van der Waals surface area contributed by atoms with Crippen molar-refractivity contribution < 1.29 is 0 Å². The van der Waals surface area contributed by atoms with Gasteiger partial charge in [0.2, 0.25) is 0 Å². The van der Waals surface area contributed by atoms with Crippen LogP contribution < -0.4 is 11.3 Å². The summed E-state index contributed by atoms with van der Waals surface area (Å²) in [7, 11) is 0. The fourth-order valence-electron chi connectivity index (χ4n) is 2.25. The summed E-state index contributed by atoms with van der Waals surface area (Å²) in [5, 5.41) is 5.26. The first-order chi connectivity index (χ1) is 10.1. The molecule has 0 bridgehead atoms. The van der Waals surface area contributed by atoms with Crippen LogP contribution in [0.1, 0.15) is 37.0 Å². The zero-order chi connectivity index (χ0) is 15.4. The standard InChI is InChI=1S/C14H19BrClN5/c1-3-10-14(16)13(21(4-2)20-10)7-12(19-17)11-6-5-9(15)8-18-11/h5-6,8,12,19H,3-4,7,17H2,1-2H3. The van der Waals surface area contributed by atoms with Crippen molar-refractivity contribution in [3.8, 4) is 0 Å². The van der Waals surface area contributed by atoms with Crippen LogP contribution in [0.2, 0.25) is 5.02 Å². The second-order valence-electron chi connectivity index (χ2n) is 4.70. The highest BCUT2D eigenvalue weighted by atomic mass is 79.9. The quantitative estimate of drug-likeness (QED) is 0.604. The lowest BCUT2D eigenvalue weighted by Crippen LogP contribution is -2.31. The molecule has 7 heteroatoms. The fraction of sp³-hybridized carbons (Fsp3) is 0.429. The molecule has 0 fully saturated rings. The molecule has 0 aliphatic rings. The molecule has 0 saturated heterocycles. The molecule has 2 aromatic heterocycles. The summed E-state index contributed by atoms with van der Waals surface area (Å²) in [6.45, 7) is 4.88. The second kappa shape index (κ2) is 7.35. The molecule has 1 atom stereocenters. The Morgan fingerprint density at radius 2 is 2.19 bits per heavy atom. The molecule has 5 nitrogen and oxygen atoms in total. The summed E-state index contributed by atoms with van der Waals surface area (Å²) < 4.78 is 2.87. The third-order valence-corrected chi connectivity index (χ3v) is 4.31. The van der Waals surface area contributed by atoms with Crippen molar-refractivity contribution in [3.63, 3.8) is 0 Å². The number of hydrazine groups is 1. The molecular weight excluding hydrogens is 354 g/mol. The first-order valence-corrected chi connectivity index (χ1v) is 8.09. The Balaban J connectivity index is 2.30. The highest BCUT2D eigenvalue weighted by Gasteiger charge is 2.20. The molecule has 0 saturated carbocycles. The smallest absolute Gasteiger partial charge is 0.0850 e. The van der Waals surface area contributed by atoms with Crippen LogP contribution >= 0.6 is 27.5 Å². The summed E-state index contributed by atoms with van der Waals surface area (Å²) in [5.74, 6) is 5.70. The van der Waals surface area contributed by atoms with Gasteiger partial charge in [0.25, 0.3) is 0 Å². The lowest BCUT2D eigenvalue weighted by Gasteiger charge is -2.16. The van der Waals surface area contributed by atoms with Gasteiger partial charge in [0.15, 0.2) is 0 Å². The maximum absolute atomic E-state index is 6.44. The number of pyridine rings is 1. The van der Waals surface area contributed by atoms with Gasteiger partial charge >= 0.3 is 0 Å². The van der Waals surface area contributed by atoms with E-state index in [1.54, 1.807) is 6.20 Å². The number of hydrogen-bond donors (Lipinski definition) is 2. The minimum Gasteiger partial charge on any atom is -0.271 e. The van der Waals surface area contributed by atoms with Gasteiger partial charge < -0.3 is 0 Å². The van der Waals surface area contributed by atoms with Crippen LogP contribution in [0.5, 0.6) is 0 Å². The summed E-state index contributed by atoms with van der Waals surface area (Å²) in [5.41, 5.74) is 5.60. The van der Waals surface area contributed by atoms with Crippen molar-refractivity contribution in [2.45, 2.75) is 39.3 Å². The Kier molecular flexibility index (Phi) is 5.75. The zero-order valence-corrected chi connectivity index (χ0v) is 14.4. The number of halogens is 2. The highest BCUT2D eigenvalue weighted by Crippen LogP contribution is 2.26. The average Bonchev–Trinajstić information content (AvgIpc) is 2.81. The summed E-state index contributed by atoms with van der Waals surface area (Å²) in [6.07, 6.45) is 3.22. The van der Waals surface area contributed by atoms with E-state index in [0.717, 1.165) is 39.5 Å². The van der Waals surface area contributed by atoms with Crippen LogP contribution in [-0.2, 0) is 19.4 Å². The Morgan fingerprint density at radius 3 is 2.71 bits per heavy atom. The molecule has 3 N–H and O–H groups in total. The molecule has 1 unspecified atom stereocenters. The van der Waals surface area contributed by atoms with E-state index in [-0.39, 0.29) is 6.04 Å². The fourth-order valence-corrected chi connectivity index (χ4v) is 2.83. The topological polar surface area (TPSA) is 68.8 Å². The zero-order valence-electron chi connectivity index (χ0n) is 12.1. The molecule has 0 aromatic carbocycles. The molecule has 21 heavy (non-hydrogen) atoms. The Labute approximate surface area is 138 Å². The van der Waals surface area contributed by atoms with Crippen molar-refractivity contribution in [2.75, 3.05) is 0 Å². The summed E-state index contributed by atoms with van der Waals surface area (Å²) >= 11 is 9.82. The van der Waals surface area contributed by atoms with Gasteiger partial charge in [-0.1, -0.05) is 18.5 Å². The minimum absolute atomic E-state index is 0.109. The Hall–Kier alpha value is -0.950. The maximum atomic E-state index is 6.44. The van der Waals surface area contributed by atoms with E-state index in [1.807, 2.05) is 23.7 Å². The van der Waals surface area contributed by atoms with Crippen LogP contribution in [0.25, 0.3) is 0 Å². The van der Waals surface area contributed by atoms with Crippen LogP contribution in [0.15, 0.2) is 22.8 Å². The molecular formula is C14H19BrClN5. The summed E-state index contributed by atoms with van der Waals surface area (Å²) in [6, 6.07) is 3.78. The lowest BCUT2D eigenvalue weighted by atomic mass is 10.1. The number of nitrogens with one attached hydrogen (secondary N) is 1. The largest absolute Gasteiger partial charge is 0.271 e. The highest BCUT2D eigenvalue weighted by molar-refractivity contribution is 9.10. The third kappa shape index (κ3) is 3.63. The van der Waals surface area contributed by atoms with Gasteiger partial charge in [-0.05, 0) is 41.4 Å². The number of aromatic nitrogens is 3. The minimum atomic E-state index is -0.109. The first-order valence-electron chi connectivity index (χ1n) is 6.92. The van der Waals surface area contributed by atoms with E-state index < -0.39 is 0 Å². The maximum Gasteiger partial charge on any atom is 0.0850 e. The molecule has 114 valence electrons. The van der Waals surface area contributed by atoms with E-state index in [2.05, 4.69) is 38.4 Å². The number of nitrogens with two attached hydrogens (primary N) is 1. The average molecular weight is 373 g/mol. The Morgan fingerprint density at radius 1 is 1.43 bits per heavy atom. The molecule has 0 aliphatic carbocycles. The number of hydrogen-bond acceptors (Lipinski definition) is 4. The molecule has 0 spiro atoms.